The van der Waals surface area contributed by atoms with E-state index in [-0.39, 0.29) is 11.3 Å². The Kier molecular flexibility index (Phi) is 1.76. The molecule has 1 aliphatic heterocycles. The van der Waals surface area contributed by atoms with E-state index >= 15 is 0 Å². The van der Waals surface area contributed by atoms with E-state index in [9.17, 15) is 8.78 Å². The number of nitrogens with zero attached hydrogens (tertiary/aromatic N) is 2. The minimum Gasteiger partial charge on any atom is -0.303 e. The summed E-state index contributed by atoms with van der Waals surface area (Å²) in [6.07, 6.45) is 0.884. The van der Waals surface area contributed by atoms with Crippen LogP contribution in [0.1, 0.15) is 23.7 Å². The van der Waals surface area contributed by atoms with Crippen LogP contribution in [0.25, 0.3) is 0 Å². The lowest BCUT2D eigenvalue weighted by Gasteiger charge is -2.13. The largest absolute Gasteiger partial charge is 0.303 e. The zero-order valence-electron chi connectivity index (χ0n) is 9.28. The fraction of sp³-hybridized carbons (Fsp3) is 0.333. The van der Waals surface area contributed by atoms with Crippen molar-refractivity contribution in [3.05, 3.63) is 46.0 Å². The molecule has 2 aliphatic rings. The Hall–Kier alpha value is -1.56. The molecule has 6 heteroatoms. The molecule has 0 amide bonds. The van der Waals surface area contributed by atoms with Crippen LogP contribution in [0.15, 0.2) is 18.2 Å². The first-order valence-electron chi connectivity index (χ1n) is 5.72. The quantitative estimate of drug-likeness (QED) is 0.804. The van der Waals surface area contributed by atoms with Gasteiger partial charge >= 0.3 is 0 Å². The van der Waals surface area contributed by atoms with Crippen molar-refractivity contribution in [2.75, 3.05) is 0 Å². The molecule has 1 N–H and O–H groups in total. The molecule has 3 nitrogen and oxygen atoms in total. The molecule has 0 unspecified atom stereocenters. The lowest BCUT2D eigenvalue weighted by atomic mass is 9.94. The molecular formula is C12H9F2N3S. The molecular weight excluding hydrogens is 256 g/mol. The van der Waals surface area contributed by atoms with Gasteiger partial charge < -0.3 is 4.57 Å². The molecule has 2 atom stereocenters. The number of fused-ring (bicyclic) bond motifs is 3. The number of hydrogen-bond acceptors (Lipinski definition) is 2. The van der Waals surface area contributed by atoms with E-state index in [1.54, 1.807) is 0 Å². The van der Waals surface area contributed by atoms with Gasteiger partial charge in [0, 0.05) is 23.9 Å². The number of halogens is 2. The van der Waals surface area contributed by atoms with Crippen LogP contribution in [0, 0.1) is 16.4 Å². The highest BCUT2D eigenvalue weighted by molar-refractivity contribution is 7.71. The van der Waals surface area contributed by atoms with Crippen LogP contribution in [0.4, 0.5) is 8.78 Å². The van der Waals surface area contributed by atoms with Crippen LogP contribution in [-0.2, 0) is 12.0 Å². The summed E-state index contributed by atoms with van der Waals surface area (Å²) >= 11 is 5.13. The summed E-state index contributed by atoms with van der Waals surface area (Å²) < 4.78 is 29.1. The highest BCUT2D eigenvalue weighted by Gasteiger charge is 2.62. The number of benzene rings is 1. The van der Waals surface area contributed by atoms with Crippen LogP contribution >= 0.6 is 12.2 Å². The molecule has 0 bridgehead atoms. The summed E-state index contributed by atoms with van der Waals surface area (Å²) in [7, 11) is 0. The highest BCUT2D eigenvalue weighted by Crippen LogP contribution is 2.64. The number of nitrogens with one attached hydrogen (secondary N) is 1. The fourth-order valence-electron chi connectivity index (χ4n) is 3.10. The molecule has 18 heavy (non-hydrogen) atoms. The van der Waals surface area contributed by atoms with Crippen molar-refractivity contribution in [3.8, 4) is 0 Å². The Morgan fingerprint density at radius 1 is 1.33 bits per heavy atom. The van der Waals surface area contributed by atoms with Gasteiger partial charge in [-0.15, -0.1) is 0 Å². The first-order valence-corrected chi connectivity index (χ1v) is 6.13. The molecule has 2 aromatic rings. The Balaban J connectivity index is 1.83. The normalized spacial score (nSPS) is 28.0. The Morgan fingerprint density at radius 3 is 2.72 bits per heavy atom. The maximum absolute atomic E-state index is 13.3. The van der Waals surface area contributed by atoms with Crippen molar-refractivity contribution >= 4 is 12.2 Å². The van der Waals surface area contributed by atoms with Crippen LogP contribution in [0.5, 0.6) is 0 Å². The molecule has 1 aromatic heterocycles. The van der Waals surface area contributed by atoms with E-state index in [0.29, 0.717) is 16.9 Å². The number of H-pyrrole nitrogens is 1. The maximum Gasteiger partial charge on any atom is 0.195 e. The Bertz CT molecular complexity index is 700. The van der Waals surface area contributed by atoms with Gasteiger partial charge in [-0.2, -0.15) is 5.10 Å². The third kappa shape index (κ3) is 1.16. The Morgan fingerprint density at radius 2 is 2.06 bits per heavy atom. The van der Waals surface area contributed by atoms with Crippen LogP contribution < -0.4 is 0 Å². The van der Waals surface area contributed by atoms with E-state index in [0.717, 1.165) is 18.3 Å². The zero-order chi connectivity index (χ0) is 12.5. The maximum atomic E-state index is 13.3. The summed E-state index contributed by atoms with van der Waals surface area (Å²) in [6, 6.07) is 3.74. The summed E-state index contributed by atoms with van der Waals surface area (Å²) in [5.41, 5.74) is 0.512. The second-order valence-electron chi connectivity index (χ2n) is 5.04. The molecule has 1 fully saturated rings. The minimum absolute atomic E-state index is 0.200. The SMILES string of the molecule is Fc1cc(F)cc([C@]23C[C@H]2c2n[nH]c(=S)n2C3)c1. The van der Waals surface area contributed by atoms with E-state index < -0.39 is 11.6 Å². The van der Waals surface area contributed by atoms with E-state index in [1.807, 2.05) is 4.57 Å². The topological polar surface area (TPSA) is 33.6 Å². The molecule has 0 saturated heterocycles. The van der Waals surface area contributed by atoms with Gasteiger partial charge in [-0.05, 0) is 36.3 Å². The predicted molar refractivity (Wildman–Crippen MR) is 62.8 cm³/mol. The minimum atomic E-state index is -0.528. The lowest BCUT2D eigenvalue weighted by Crippen LogP contribution is -2.13. The number of hydrogen-bond donors (Lipinski definition) is 1. The van der Waals surface area contributed by atoms with Crippen LogP contribution in [0.2, 0.25) is 0 Å². The summed E-state index contributed by atoms with van der Waals surface area (Å²) in [4.78, 5) is 0. The third-order valence-corrected chi connectivity index (χ3v) is 4.36. The Labute approximate surface area is 106 Å². The average molecular weight is 265 g/mol. The summed E-state index contributed by atoms with van der Waals surface area (Å²) in [6.45, 7) is 0.658. The molecule has 92 valence electrons. The van der Waals surface area contributed by atoms with Crippen molar-refractivity contribution in [2.45, 2.75) is 24.3 Å². The molecule has 2 heterocycles. The standard InChI is InChI=1S/C12H9F2N3S/c13-7-1-6(2-8(14)3-7)12-4-9(12)10-15-16-11(18)17(10)5-12/h1-3,9H,4-5H2,(H,16,18)/t9-,12+/m0/s1. The van der Waals surface area contributed by atoms with Gasteiger partial charge in [0.1, 0.15) is 17.5 Å². The fourth-order valence-corrected chi connectivity index (χ4v) is 3.30. The van der Waals surface area contributed by atoms with E-state index in [4.69, 9.17) is 12.2 Å². The van der Waals surface area contributed by atoms with E-state index in [1.165, 1.54) is 12.1 Å². The van der Waals surface area contributed by atoms with E-state index in [2.05, 4.69) is 10.2 Å². The number of aromatic amines is 1. The third-order valence-electron chi connectivity index (χ3n) is 4.05. The van der Waals surface area contributed by atoms with Gasteiger partial charge in [0.15, 0.2) is 4.77 Å². The van der Waals surface area contributed by atoms with Gasteiger partial charge in [0.25, 0.3) is 0 Å². The molecule has 0 radical (unpaired) electrons. The molecule has 1 saturated carbocycles. The number of aromatic nitrogens is 3. The number of rotatable bonds is 1. The van der Waals surface area contributed by atoms with Crippen LogP contribution in [0.3, 0.4) is 0 Å². The first-order chi connectivity index (χ1) is 8.60. The van der Waals surface area contributed by atoms with Crippen molar-refractivity contribution < 1.29 is 8.78 Å². The van der Waals surface area contributed by atoms with Crippen molar-refractivity contribution in [1.29, 1.82) is 0 Å². The lowest BCUT2D eigenvalue weighted by molar-refractivity contribution is 0.548. The summed E-state index contributed by atoms with van der Waals surface area (Å²) in [5, 5.41) is 6.95. The van der Waals surface area contributed by atoms with Crippen molar-refractivity contribution in [1.82, 2.24) is 14.8 Å². The van der Waals surface area contributed by atoms with Gasteiger partial charge in [0.2, 0.25) is 0 Å². The second kappa shape index (κ2) is 3.06. The molecule has 4 rings (SSSR count). The zero-order valence-corrected chi connectivity index (χ0v) is 10.1. The monoisotopic (exact) mass is 265 g/mol. The summed E-state index contributed by atoms with van der Waals surface area (Å²) in [5.74, 6) is 0.0794. The molecule has 1 aliphatic carbocycles. The molecule has 1 aromatic carbocycles. The smallest absolute Gasteiger partial charge is 0.195 e. The van der Waals surface area contributed by atoms with Gasteiger partial charge in [-0.25, -0.2) is 8.78 Å². The second-order valence-corrected chi connectivity index (χ2v) is 5.43. The van der Waals surface area contributed by atoms with Crippen LogP contribution in [-0.4, -0.2) is 14.8 Å². The van der Waals surface area contributed by atoms with Crippen molar-refractivity contribution in [2.24, 2.45) is 0 Å². The van der Waals surface area contributed by atoms with Gasteiger partial charge in [-0.3, -0.25) is 5.10 Å². The highest BCUT2D eigenvalue weighted by atomic mass is 32.1. The van der Waals surface area contributed by atoms with Gasteiger partial charge in [0.05, 0.1) is 0 Å². The average Bonchev–Trinajstić information content (AvgIpc) is 2.78. The molecule has 0 spiro atoms. The van der Waals surface area contributed by atoms with Gasteiger partial charge in [-0.1, -0.05) is 0 Å². The predicted octanol–water partition coefficient (Wildman–Crippen LogP) is 2.66. The van der Waals surface area contributed by atoms with Crippen molar-refractivity contribution in [3.63, 3.8) is 0 Å². The first kappa shape index (κ1) is 10.4.